The molecule has 1 aromatic rings. The maximum absolute atomic E-state index is 13.0. The third-order valence-electron chi connectivity index (χ3n) is 4.72. The summed E-state index contributed by atoms with van der Waals surface area (Å²) in [6.45, 7) is 3.15. The molecule has 0 spiro atoms. The molecule has 1 saturated heterocycles. The minimum absolute atomic E-state index is 0.150. The van der Waals surface area contributed by atoms with Gasteiger partial charge in [-0.1, -0.05) is 26.0 Å². The van der Waals surface area contributed by atoms with E-state index in [-0.39, 0.29) is 18.7 Å². The van der Waals surface area contributed by atoms with E-state index < -0.39 is 39.1 Å². The molecule has 0 bridgehead atoms. The molecule has 0 amide bonds. The molecule has 1 aliphatic rings. The maximum atomic E-state index is 13.0. The van der Waals surface area contributed by atoms with Gasteiger partial charge < -0.3 is 4.74 Å². The number of halogens is 3. The number of ether oxygens (including phenoxy) is 1. The number of hydrogen-bond donors (Lipinski definition) is 0. The third-order valence-corrected chi connectivity index (χ3v) is 6.79. The highest BCUT2D eigenvalue weighted by molar-refractivity contribution is 7.91. The lowest BCUT2D eigenvalue weighted by Gasteiger charge is -2.34. The van der Waals surface area contributed by atoms with Gasteiger partial charge in [0.05, 0.1) is 18.9 Å². The van der Waals surface area contributed by atoms with E-state index in [0.717, 1.165) is 0 Å². The lowest BCUT2D eigenvalue weighted by molar-refractivity contribution is -0.178. The molecule has 1 unspecified atom stereocenters. The summed E-state index contributed by atoms with van der Waals surface area (Å²) in [5, 5.41) is -1.10. The van der Waals surface area contributed by atoms with Gasteiger partial charge in [0.2, 0.25) is 0 Å². The first-order valence-electron chi connectivity index (χ1n) is 8.68. The zero-order chi connectivity index (χ0) is 20.4. The molecule has 1 aromatic carbocycles. The fourth-order valence-electron chi connectivity index (χ4n) is 3.52. The number of nitrogens with zero attached hydrogens (tertiary/aromatic N) is 1. The van der Waals surface area contributed by atoms with Gasteiger partial charge in [-0.15, -0.1) is 0 Å². The molecule has 0 aromatic heterocycles. The van der Waals surface area contributed by atoms with Crippen molar-refractivity contribution < 1.29 is 31.1 Å². The first-order chi connectivity index (χ1) is 12.5. The number of Topliss-reactive ketones (excluding diaryl/α,β-unsaturated/α-hetero) is 1. The topological polar surface area (TPSA) is 63.7 Å². The molecular formula is C18H24F3NO4S. The lowest BCUT2D eigenvalue weighted by atomic mass is 9.98. The molecule has 1 fully saturated rings. The number of benzene rings is 1. The highest BCUT2D eigenvalue weighted by Gasteiger charge is 2.50. The van der Waals surface area contributed by atoms with Crippen molar-refractivity contribution in [3.05, 3.63) is 29.8 Å². The van der Waals surface area contributed by atoms with Crippen LogP contribution in [0.3, 0.4) is 0 Å². The van der Waals surface area contributed by atoms with Gasteiger partial charge in [-0.3, -0.25) is 9.69 Å². The van der Waals surface area contributed by atoms with Gasteiger partial charge in [-0.2, -0.15) is 13.2 Å². The van der Waals surface area contributed by atoms with Crippen molar-refractivity contribution in [1.82, 2.24) is 4.90 Å². The van der Waals surface area contributed by atoms with Crippen molar-refractivity contribution in [2.24, 2.45) is 5.92 Å². The minimum Gasteiger partial charge on any atom is -0.497 e. The Labute approximate surface area is 157 Å². The molecule has 0 saturated carbocycles. The molecular weight excluding hydrogens is 383 g/mol. The van der Waals surface area contributed by atoms with Gasteiger partial charge >= 0.3 is 6.18 Å². The third kappa shape index (κ3) is 5.01. The number of likely N-dealkylation sites (tertiary alicyclic amines) is 1. The van der Waals surface area contributed by atoms with Crippen LogP contribution in [0.2, 0.25) is 0 Å². The number of carbonyl (C=O) groups is 1. The van der Waals surface area contributed by atoms with Crippen LogP contribution in [-0.2, 0) is 20.4 Å². The number of alkyl halides is 3. The number of hydrogen-bond acceptors (Lipinski definition) is 5. The average molecular weight is 407 g/mol. The Hall–Kier alpha value is -1.61. The van der Waals surface area contributed by atoms with Crippen LogP contribution in [-0.4, -0.2) is 50.3 Å². The van der Waals surface area contributed by atoms with Crippen LogP contribution in [0.4, 0.5) is 13.2 Å². The van der Waals surface area contributed by atoms with Gasteiger partial charge in [0.15, 0.2) is 9.84 Å². The van der Waals surface area contributed by atoms with E-state index >= 15 is 0 Å². The number of ketones is 1. The highest BCUT2D eigenvalue weighted by Crippen LogP contribution is 2.33. The van der Waals surface area contributed by atoms with E-state index in [0.29, 0.717) is 17.7 Å². The molecule has 0 radical (unpaired) electrons. The molecule has 2 atom stereocenters. The standard InChI is InChI=1S/C18H24F3NO4S/c1-12(2)16(17(23)18(19,20)21)22-10-4-5-15(22)27(24,25)11-13-6-8-14(26-3)9-7-13/h6-9,12,15-16H,4-5,10-11H2,1-3H3/t15?,16-/m0/s1. The largest absolute Gasteiger partial charge is 0.497 e. The van der Waals surface area contributed by atoms with E-state index in [1.54, 1.807) is 24.3 Å². The molecule has 27 heavy (non-hydrogen) atoms. The highest BCUT2D eigenvalue weighted by atomic mass is 32.2. The van der Waals surface area contributed by atoms with Gasteiger partial charge in [0.1, 0.15) is 11.1 Å². The minimum atomic E-state index is -5.00. The van der Waals surface area contributed by atoms with Crippen LogP contribution >= 0.6 is 0 Å². The number of carbonyl (C=O) groups excluding carboxylic acids is 1. The molecule has 152 valence electrons. The number of methoxy groups -OCH3 is 1. The monoisotopic (exact) mass is 407 g/mol. The van der Waals surface area contributed by atoms with Crippen LogP contribution in [0.15, 0.2) is 24.3 Å². The summed E-state index contributed by atoms with van der Waals surface area (Å²) in [5.74, 6) is -2.27. The van der Waals surface area contributed by atoms with Gasteiger partial charge in [0.25, 0.3) is 5.78 Å². The SMILES string of the molecule is COc1ccc(CS(=O)(=O)C2CCCN2[C@H](C(=O)C(F)(F)F)C(C)C)cc1. The second-order valence-corrected chi connectivity index (χ2v) is 9.20. The Morgan fingerprint density at radius 3 is 2.33 bits per heavy atom. The summed E-state index contributed by atoms with van der Waals surface area (Å²) < 4.78 is 69.9. The summed E-state index contributed by atoms with van der Waals surface area (Å²) >= 11 is 0. The Morgan fingerprint density at radius 1 is 1.26 bits per heavy atom. The fourth-order valence-corrected chi connectivity index (χ4v) is 5.54. The summed E-state index contributed by atoms with van der Waals surface area (Å²) in [6, 6.07) is 4.97. The van der Waals surface area contributed by atoms with Gasteiger partial charge in [-0.05, 0) is 36.5 Å². The smallest absolute Gasteiger partial charge is 0.451 e. The summed E-state index contributed by atoms with van der Waals surface area (Å²) in [6.07, 6.45) is -4.35. The van der Waals surface area contributed by atoms with Crippen LogP contribution in [0.25, 0.3) is 0 Å². The van der Waals surface area contributed by atoms with E-state index in [4.69, 9.17) is 4.74 Å². The average Bonchev–Trinajstić information content (AvgIpc) is 3.04. The van der Waals surface area contributed by atoms with E-state index in [1.807, 2.05) is 0 Å². The summed E-state index contributed by atoms with van der Waals surface area (Å²) in [7, 11) is -2.28. The quantitative estimate of drug-likeness (QED) is 0.695. The van der Waals surface area contributed by atoms with E-state index in [9.17, 15) is 26.4 Å². The Balaban J connectivity index is 2.27. The predicted octanol–water partition coefficient (Wildman–Crippen LogP) is 3.19. The molecule has 5 nitrogen and oxygen atoms in total. The van der Waals surface area contributed by atoms with Crippen molar-refractivity contribution in [2.45, 2.75) is 50.0 Å². The lowest BCUT2D eigenvalue weighted by Crippen LogP contribution is -2.53. The van der Waals surface area contributed by atoms with Crippen LogP contribution in [0.1, 0.15) is 32.3 Å². The van der Waals surface area contributed by atoms with Crippen LogP contribution in [0.5, 0.6) is 5.75 Å². The predicted molar refractivity (Wildman–Crippen MR) is 95.0 cm³/mol. The van der Waals surface area contributed by atoms with Crippen molar-refractivity contribution in [1.29, 1.82) is 0 Å². The molecule has 0 aliphatic carbocycles. The molecule has 1 aliphatic heterocycles. The Morgan fingerprint density at radius 2 is 1.85 bits per heavy atom. The van der Waals surface area contributed by atoms with Crippen LogP contribution in [0, 0.1) is 5.92 Å². The molecule has 9 heteroatoms. The molecule has 0 N–H and O–H groups in total. The zero-order valence-electron chi connectivity index (χ0n) is 15.5. The van der Waals surface area contributed by atoms with E-state index in [1.165, 1.54) is 25.9 Å². The second kappa shape index (κ2) is 8.18. The Bertz CT molecular complexity index is 760. The van der Waals surface area contributed by atoms with Crippen molar-refractivity contribution >= 4 is 15.6 Å². The number of rotatable bonds is 7. The Kier molecular flexibility index (Phi) is 6.57. The fraction of sp³-hybridized carbons (Fsp3) is 0.611. The first kappa shape index (κ1) is 21.7. The van der Waals surface area contributed by atoms with Crippen molar-refractivity contribution in [2.75, 3.05) is 13.7 Å². The molecule has 2 rings (SSSR count). The van der Waals surface area contributed by atoms with E-state index in [2.05, 4.69) is 0 Å². The first-order valence-corrected chi connectivity index (χ1v) is 10.4. The van der Waals surface area contributed by atoms with Gasteiger partial charge in [0, 0.05) is 6.54 Å². The van der Waals surface area contributed by atoms with Crippen molar-refractivity contribution in [3.63, 3.8) is 0 Å². The van der Waals surface area contributed by atoms with Gasteiger partial charge in [-0.25, -0.2) is 8.42 Å². The number of sulfone groups is 1. The normalized spacial score (nSPS) is 20.0. The second-order valence-electron chi connectivity index (χ2n) is 7.04. The summed E-state index contributed by atoms with van der Waals surface area (Å²) in [4.78, 5) is 13.1. The summed E-state index contributed by atoms with van der Waals surface area (Å²) in [5.41, 5.74) is 0.519. The van der Waals surface area contributed by atoms with Crippen LogP contribution < -0.4 is 4.74 Å². The van der Waals surface area contributed by atoms with Crippen molar-refractivity contribution in [3.8, 4) is 5.75 Å². The molecule has 1 heterocycles. The maximum Gasteiger partial charge on any atom is 0.451 e. The zero-order valence-corrected chi connectivity index (χ0v) is 16.3.